The molecule has 2 amide bonds. The van der Waals surface area contributed by atoms with Crippen molar-refractivity contribution in [1.29, 1.82) is 0 Å². The van der Waals surface area contributed by atoms with Crippen LogP contribution in [0.3, 0.4) is 0 Å². The monoisotopic (exact) mass is 392 g/mol. The van der Waals surface area contributed by atoms with Gasteiger partial charge >= 0.3 is 6.03 Å². The molecule has 1 N–H and O–H groups in total. The maximum absolute atomic E-state index is 12.9. The molecule has 0 aliphatic carbocycles. The van der Waals surface area contributed by atoms with Gasteiger partial charge in [-0.3, -0.25) is 0 Å². The van der Waals surface area contributed by atoms with Crippen molar-refractivity contribution in [3.63, 3.8) is 0 Å². The summed E-state index contributed by atoms with van der Waals surface area (Å²) in [5, 5.41) is 7.12. The van der Waals surface area contributed by atoms with Gasteiger partial charge in [-0.05, 0) is 62.1 Å². The van der Waals surface area contributed by atoms with Crippen LogP contribution in [0.5, 0.6) is 5.75 Å². The average Bonchev–Trinajstić information content (AvgIpc) is 3.36. The number of rotatable bonds is 4. The Labute approximate surface area is 169 Å². The molecule has 0 saturated carbocycles. The van der Waals surface area contributed by atoms with Gasteiger partial charge in [0.1, 0.15) is 11.8 Å². The Morgan fingerprint density at radius 2 is 1.97 bits per heavy atom. The van der Waals surface area contributed by atoms with Crippen LogP contribution in [0.4, 0.5) is 10.5 Å². The summed E-state index contributed by atoms with van der Waals surface area (Å²) >= 11 is 0. The van der Waals surface area contributed by atoms with Crippen LogP contribution in [-0.2, 0) is 0 Å². The summed E-state index contributed by atoms with van der Waals surface area (Å²) in [7, 11) is 1.61. The molecule has 29 heavy (non-hydrogen) atoms. The SMILES string of the molecule is COc1ccccc1-c1noc(C2CCCN2C(=O)Nc2cc(C)cc(C)c2)n1. The smallest absolute Gasteiger partial charge is 0.322 e. The first-order valence-corrected chi connectivity index (χ1v) is 9.68. The predicted octanol–water partition coefficient (Wildman–Crippen LogP) is 4.73. The van der Waals surface area contributed by atoms with E-state index >= 15 is 0 Å². The summed E-state index contributed by atoms with van der Waals surface area (Å²) in [4.78, 5) is 19.2. The molecule has 150 valence electrons. The first-order valence-electron chi connectivity index (χ1n) is 9.68. The Morgan fingerprint density at radius 1 is 1.21 bits per heavy atom. The van der Waals surface area contributed by atoms with Crippen molar-refractivity contribution in [3.05, 3.63) is 59.5 Å². The highest BCUT2D eigenvalue weighted by molar-refractivity contribution is 5.90. The lowest BCUT2D eigenvalue weighted by molar-refractivity contribution is 0.193. The molecule has 2 heterocycles. The molecule has 7 nitrogen and oxygen atoms in total. The van der Waals surface area contributed by atoms with Crippen LogP contribution in [0.25, 0.3) is 11.4 Å². The van der Waals surface area contributed by atoms with E-state index < -0.39 is 0 Å². The number of likely N-dealkylation sites (tertiary alicyclic amines) is 1. The number of urea groups is 1. The van der Waals surface area contributed by atoms with E-state index in [1.54, 1.807) is 12.0 Å². The first kappa shape index (κ1) is 19.0. The molecule has 0 spiro atoms. The summed E-state index contributed by atoms with van der Waals surface area (Å²) in [5.41, 5.74) is 3.76. The molecule has 1 saturated heterocycles. The molecule has 1 aliphatic heterocycles. The number of anilines is 1. The van der Waals surface area contributed by atoms with Gasteiger partial charge in [0, 0.05) is 12.2 Å². The maximum Gasteiger partial charge on any atom is 0.322 e. The van der Waals surface area contributed by atoms with E-state index in [0.717, 1.165) is 35.2 Å². The minimum absolute atomic E-state index is 0.158. The number of ether oxygens (including phenoxy) is 1. The molecule has 7 heteroatoms. The standard InChI is InChI=1S/C22H24N4O3/c1-14-11-15(2)13-16(12-14)23-22(27)26-10-6-8-18(26)21-24-20(25-29-21)17-7-4-5-9-19(17)28-3/h4-5,7,9,11-13,18H,6,8,10H2,1-3H3,(H,23,27). The number of benzene rings is 2. The Hall–Kier alpha value is -3.35. The van der Waals surface area contributed by atoms with Gasteiger partial charge in [0.25, 0.3) is 0 Å². The van der Waals surface area contributed by atoms with Crippen molar-refractivity contribution in [2.75, 3.05) is 19.0 Å². The molecule has 1 aliphatic rings. The van der Waals surface area contributed by atoms with Gasteiger partial charge in [-0.2, -0.15) is 4.98 Å². The highest BCUT2D eigenvalue weighted by Gasteiger charge is 2.34. The topological polar surface area (TPSA) is 80.5 Å². The van der Waals surface area contributed by atoms with Crippen molar-refractivity contribution in [2.24, 2.45) is 0 Å². The third-order valence-corrected chi connectivity index (χ3v) is 5.06. The van der Waals surface area contributed by atoms with E-state index in [9.17, 15) is 4.79 Å². The van der Waals surface area contributed by atoms with Gasteiger partial charge in [-0.15, -0.1) is 0 Å². The number of hydrogen-bond acceptors (Lipinski definition) is 5. The highest BCUT2D eigenvalue weighted by atomic mass is 16.5. The fourth-order valence-corrected chi connectivity index (χ4v) is 3.82. The van der Waals surface area contributed by atoms with Crippen LogP contribution in [-0.4, -0.2) is 34.7 Å². The minimum Gasteiger partial charge on any atom is -0.496 e. The van der Waals surface area contributed by atoms with E-state index in [0.29, 0.717) is 24.0 Å². The van der Waals surface area contributed by atoms with Crippen molar-refractivity contribution in [1.82, 2.24) is 15.0 Å². The lowest BCUT2D eigenvalue weighted by atomic mass is 10.1. The number of para-hydroxylation sites is 1. The van der Waals surface area contributed by atoms with Gasteiger partial charge in [0.2, 0.25) is 11.7 Å². The Morgan fingerprint density at radius 3 is 2.72 bits per heavy atom. The summed E-state index contributed by atoms with van der Waals surface area (Å²) in [6.45, 7) is 4.67. The lowest BCUT2D eigenvalue weighted by Crippen LogP contribution is -2.34. The predicted molar refractivity (Wildman–Crippen MR) is 110 cm³/mol. The molecular formula is C22H24N4O3. The number of aryl methyl sites for hydroxylation is 2. The van der Waals surface area contributed by atoms with Crippen molar-refractivity contribution >= 4 is 11.7 Å². The highest BCUT2D eigenvalue weighted by Crippen LogP contribution is 2.34. The van der Waals surface area contributed by atoms with E-state index in [1.807, 2.05) is 50.2 Å². The third-order valence-electron chi connectivity index (χ3n) is 5.06. The van der Waals surface area contributed by atoms with Gasteiger partial charge in [0.05, 0.1) is 12.7 Å². The molecule has 4 rings (SSSR count). The minimum atomic E-state index is -0.239. The maximum atomic E-state index is 12.9. The Bertz CT molecular complexity index is 1010. The van der Waals surface area contributed by atoms with E-state index in [-0.39, 0.29) is 12.1 Å². The van der Waals surface area contributed by atoms with E-state index in [1.165, 1.54) is 0 Å². The average molecular weight is 392 g/mol. The zero-order valence-electron chi connectivity index (χ0n) is 16.8. The quantitative estimate of drug-likeness (QED) is 0.694. The number of carbonyl (C=O) groups is 1. The number of carbonyl (C=O) groups excluding carboxylic acids is 1. The number of amides is 2. The molecule has 1 unspecified atom stereocenters. The number of nitrogens with zero attached hydrogens (tertiary/aromatic N) is 3. The molecule has 1 fully saturated rings. The Kier molecular flexibility index (Phi) is 5.20. The fourth-order valence-electron chi connectivity index (χ4n) is 3.82. The summed E-state index contributed by atoms with van der Waals surface area (Å²) < 4.78 is 10.9. The molecule has 3 aromatic rings. The first-order chi connectivity index (χ1) is 14.0. The molecular weight excluding hydrogens is 368 g/mol. The number of hydrogen-bond donors (Lipinski definition) is 1. The second kappa shape index (κ2) is 7.95. The zero-order chi connectivity index (χ0) is 20.4. The third kappa shape index (κ3) is 3.94. The summed E-state index contributed by atoms with van der Waals surface area (Å²) in [6.07, 6.45) is 1.67. The number of nitrogens with one attached hydrogen (secondary N) is 1. The molecule has 2 aromatic carbocycles. The van der Waals surface area contributed by atoms with E-state index in [2.05, 4.69) is 21.5 Å². The Balaban J connectivity index is 1.54. The van der Waals surface area contributed by atoms with Crippen molar-refractivity contribution in [3.8, 4) is 17.1 Å². The second-order valence-electron chi connectivity index (χ2n) is 7.31. The molecule has 1 aromatic heterocycles. The van der Waals surface area contributed by atoms with Gasteiger partial charge in [-0.25, -0.2) is 4.79 Å². The van der Waals surface area contributed by atoms with Gasteiger partial charge in [-0.1, -0.05) is 23.4 Å². The van der Waals surface area contributed by atoms with Crippen LogP contribution < -0.4 is 10.1 Å². The van der Waals surface area contributed by atoms with Gasteiger partial charge in [0.15, 0.2) is 0 Å². The van der Waals surface area contributed by atoms with Crippen LogP contribution in [0.15, 0.2) is 47.0 Å². The summed E-state index contributed by atoms with van der Waals surface area (Å²) in [6, 6.07) is 13.1. The fraction of sp³-hybridized carbons (Fsp3) is 0.318. The van der Waals surface area contributed by atoms with Crippen LogP contribution in [0.1, 0.15) is 35.9 Å². The zero-order valence-corrected chi connectivity index (χ0v) is 16.8. The molecule has 0 bridgehead atoms. The van der Waals surface area contributed by atoms with Crippen molar-refractivity contribution < 1.29 is 14.1 Å². The number of aromatic nitrogens is 2. The van der Waals surface area contributed by atoms with E-state index in [4.69, 9.17) is 9.26 Å². The largest absolute Gasteiger partial charge is 0.496 e. The second-order valence-corrected chi connectivity index (χ2v) is 7.31. The van der Waals surface area contributed by atoms with Crippen molar-refractivity contribution in [2.45, 2.75) is 32.7 Å². The summed E-state index contributed by atoms with van der Waals surface area (Å²) in [5.74, 6) is 1.58. The van der Waals surface area contributed by atoms with Crippen LogP contribution in [0, 0.1) is 13.8 Å². The lowest BCUT2D eigenvalue weighted by Gasteiger charge is -2.22. The van der Waals surface area contributed by atoms with Gasteiger partial charge < -0.3 is 19.5 Å². The number of methoxy groups -OCH3 is 1. The van der Waals surface area contributed by atoms with Crippen LogP contribution >= 0.6 is 0 Å². The van der Waals surface area contributed by atoms with Crippen LogP contribution in [0.2, 0.25) is 0 Å². The molecule has 0 radical (unpaired) electrons. The molecule has 1 atom stereocenters. The normalized spacial score (nSPS) is 16.1.